The molecule has 1 unspecified atom stereocenters. The molecule has 1 N–H and O–H groups in total. The molecule has 0 saturated carbocycles. The monoisotopic (exact) mass is 503 g/mol. The maximum Gasteiger partial charge on any atom is 0.193 e. The number of benzene rings is 1. The van der Waals surface area contributed by atoms with Crippen molar-refractivity contribution in [2.75, 3.05) is 26.4 Å². The molecule has 0 spiro atoms. The summed E-state index contributed by atoms with van der Waals surface area (Å²) in [5.41, 5.74) is 2.28. The van der Waals surface area contributed by atoms with Crippen LogP contribution < -0.4 is 5.32 Å². The summed E-state index contributed by atoms with van der Waals surface area (Å²) in [6.45, 7) is 2.47. The highest BCUT2D eigenvalue weighted by atomic mass is 127. The van der Waals surface area contributed by atoms with Crippen molar-refractivity contribution in [3.63, 3.8) is 0 Å². The largest absolute Gasteiger partial charge is 0.352 e. The van der Waals surface area contributed by atoms with Crippen molar-refractivity contribution >= 4 is 39.8 Å². The normalized spacial score (nSPS) is 17.7. The second kappa shape index (κ2) is 9.05. The van der Waals surface area contributed by atoms with Gasteiger partial charge in [0.15, 0.2) is 15.8 Å². The fraction of sp³-hybridized carbons (Fsp3) is 0.444. The van der Waals surface area contributed by atoms with Crippen LogP contribution in [-0.4, -0.2) is 55.5 Å². The van der Waals surface area contributed by atoms with Gasteiger partial charge in [-0.2, -0.15) is 5.10 Å². The Hall–Kier alpha value is -1.62. The number of sulfone groups is 1. The Morgan fingerprint density at radius 1 is 1.33 bits per heavy atom. The zero-order valence-electron chi connectivity index (χ0n) is 15.8. The topological polar surface area (TPSA) is 79.6 Å². The lowest BCUT2D eigenvalue weighted by molar-refractivity contribution is 0.486. The minimum Gasteiger partial charge on any atom is -0.352 e. The first-order valence-electron chi connectivity index (χ1n) is 8.60. The molecule has 148 valence electrons. The number of aryl methyl sites for hydroxylation is 1. The van der Waals surface area contributed by atoms with E-state index in [1.165, 1.54) is 11.8 Å². The molecule has 7 nitrogen and oxygen atoms in total. The van der Waals surface area contributed by atoms with Crippen molar-refractivity contribution in [3.05, 3.63) is 47.8 Å². The average molecular weight is 503 g/mol. The molecule has 9 heteroatoms. The summed E-state index contributed by atoms with van der Waals surface area (Å²) in [5.74, 6) is 1.33. The second-order valence-electron chi connectivity index (χ2n) is 6.70. The number of likely N-dealkylation sites (tertiary alicyclic amines) is 1. The smallest absolute Gasteiger partial charge is 0.193 e. The Labute approximate surface area is 177 Å². The van der Waals surface area contributed by atoms with Gasteiger partial charge in [-0.1, -0.05) is 12.1 Å². The van der Waals surface area contributed by atoms with Crippen LogP contribution in [0.25, 0.3) is 0 Å². The van der Waals surface area contributed by atoms with Gasteiger partial charge in [-0.3, -0.25) is 9.67 Å². The third-order valence-corrected chi connectivity index (χ3v) is 5.83. The zero-order chi connectivity index (χ0) is 18.7. The Kier molecular flexibility index (Phi) is 7.26. The Balaban J connectivity index is 0.00000261. The zero-order valence-corrected chi connectivity index (χ0v) is 18.9. The van der Waals surface area contributed by atoms with Crippen LogP contribution in [0.2, 0.25) is 0 Å². The van der Waals surface area contributed by atoms with Crippen LogP contribution in [0.3, 0.4) is 0 Å². The van der Waals surface area contributed by atoms with E-state index < -0.39 is 9.84 Å². The predicted molar refractivity (Wildman–Crippen MR) is 117 cm³/mol. The minimum atomic E-state index is -3.16. The van der Waals surface area contributed by atoms with Gasteiger partial charge in [-0.15, -0.1) is 24.0 Å². The van der Waals surface area contributed by atoms with Gasteiger partial charge in [0, 0.05) is 52.1 Å². The van der Waals surface area contributed by atoms with Gasteiger partial charge in [0.05, 0.1) is 11.1 Å². The number of hydrogen-bond donors (Lipinski definition) is 1. The Morgan fingerprint density at radius 2 is 2.04 bits per heavy atom. The van der Waals surface area contributed by atoms with Crippen LogP contribution in [0.5, 0.6) is 0 Å². The summed E-state index contributed by atoms with van der Waals surface area (Å²) < 4.78 is 24.9. The third kappa shape index (κ3) is 5.44. The summed E-state index contributed by atoms with van der Waals surface area (Å²) in [6, 6.07) is 6.95. The third-order valence-electron chi connectivity index (χ3n) is 4.70. The number of rotatable bonds is 4. The molecule has 3 rings (SSSR count). The maximum atomic E-state index is 11.5. The molecule has 0 amide bonds. The molecule has 27 heavy (non-hydrogen) atoms. The lowest BCUT2D eigenvalue weighted by Crippen LogP contribution is -2.39. The van der Waals surface area contributed by atoms with Crippen molar-refractivity contribution in [2.24, 2.45) is 12.0 Å². The van der Waals surface area contributed by atoms with Gasteiger partial charge in [0.1, 0.15) is 0 Å². The molecule has 0 bridgehead atoms. The fourth-order valence-electron chi connectivity index (χ4n) is 3.24. The highest BCUT2D eigenvalue weighted by molar-refractivity contribution is 14.0. The van der Waals surface area contributed by atoms with Crippen molar-refractivity contribution in [3.8, 4) is 0 Å². The standard InChI is InChI=1S/C18H25N5O2S.HI/c1-19-18(20-10-14-4-6-17(7-5-14)26(3,24)25)23-9-8-15(13-23)16-11-21-22(2)12-16;/h4-7,11-12,15H,8-10,13H2,1-3H3,(H,19,20);1H. The number of nitrogens with one attached hydrogen (secondary N) is 1. The molecule has 1 saturated heterocycles. The highest BCUT2D eigenvalue weighted by Gasteiger charge is 2.26. The number of nitrogens with zero attached hydrogens (tertiary/aromatic N) is 4. The van der Waals surface area contributed by atoms with E-state index in [4.69, 9.17) is 0 Å². The first-order chi connectivity index (χ1) is 12.4. The van der Waals surface area contributed by atoms with Gasteiger partial charge < -0.3 is 10.2 Å². The maximum absolute atomic E-state index is 11.5. The Bertz CT molecular complexity index is 893. The van der Waals surface area contributed by atoms with E-state index in [2.05, 4.69) is 26.5 Å². The number of hydrogen-bond acceptors (Lipinski definition) is 4. The molecule has 1 aromatic heterocycles. The molecule has 1 aliphatic heterocycles. The molecule has 0 aliphatic carbocycles. The first-order valence-corrected chi connectivity index (χ1v) is 10.5. The number of aromatic nitrogens is 2. The number of halogens is 1. The van der Waals surface area contributed by atoms with Crippen LogP contribution >= 0.6 is 24.0 Å². The second-order valence-corrected chi connectivity index (χ2v) is 8.71. The molecule has 2 heterocycles. The summed E-state index contributed by atoms with van der Waals surface area (Å²) in [6.07, 6.45) is 6.31. The van der Waals surface area contributed by atoms with Crippen molar-refractivity contribution in [1.82, 2.24) is 20.0 Å². The molecule has 0 radical (unpaired) electrons. The Morgan fingerprint density at radius 3 is 2.59 bits per heavy atom. The molecule has 1 aliphatic rings. The summed E-state index contributed by atoms with van der Waals surface area (Å²) in [4.78, 5) is 6.98. The first kappa shape index (κ1) is 21.7. The number of guanidine groups is 1. The van der Waals surface area contributed by atoms with Crippen LogP contribution in [-0.2, 0) is 23.4 Å². The molecule has 1 atom stereocenters. The summed E-state index contributed by atoms with van der Waals surface area (Å²) in [7, 11) is 0.562. The van der Waals surface area contributed by atoms with Crippen molar-refractivity contribution < 1.29 is 8.42 Å². The van der Waals surface area contributed by atoms with Gasteiger partial charge in [0.25, 0.3) is 0 Å². The molecular formula is C18H26IN5O2S. The quantitative estimate of drug-likeness (QED) is 0.393. The molecule has 2 aromatic rings. The van der Waals surface area contributed by atoms with Gasteiger partial charge in [-0.05, 0) is 29.7 Å². The highest BCUT2D eigenvalue weighted by Crippen LogP contribution is 2.26. The molecule has 1 fully saturated rings. The lowest BCUT2D eigenvalue weighted by atomic mass is 10.0. The summed E-state index contributed by atoms with van der Waals surface area (Å²) >= 11 is 0. The lowest BCUT2D eigenvalue weighted by Gasteiger charge is -2.21. The predicted octanol–water partition coefficient (Wildman–Crippen LogP) is 2.01. The van der Waals surface area contributed by atoms with Crippen molar-refractivity contribution in [1.29, 1.82) is 0 Å². The van der Waals surface area contributed by atoms with E-state index in [9.17, 15) is 8.42 Å². The van der Waals surface area contributed by atoms with E-state index in [0.29, 0.717) is 17.4 Å². The van der Waals surface area contributed by atoms with Crippen LogP contribution in [0.1, 0.15) is 23.5 Å². The molecular weight excluding hydrogens is 477 g/mol. The molecule has 1 aromatic carbocycles. The fourth-order valence-corrected chi connectivity index (χ4v) is 3.87. The van der Waals surface area contributed by atoms with Crippen LogP contribution in [0, 0.1) is 0 Å². The average Bonchev–Trinajstić information content (AvgIpc) is 3.24. The van der Waals surface area contributed by atoms with Gasteiger partial charge >= 0.3 is 0 Å². The minimum absolute atomic E-state index is 0. The van der Waals surface area contributed by atoms with E-state index >= 15 is 0 Å². The SMILES string of the molecule is CN=C(NCc1ccc(S(C)(=O)=O)cc1)N1CCC(c2cnn(C)c2)C1.I. The summed E-state index contributed by atoms with van der Waals surface area (Å²) in [5, 5.41) is 7.63. The number of aliphatic imine (C=N–C) groups is 1. The van der Waals surface area contributed by atoms with Crippen molar-refractivity contribution in [2.45, 2.75) is 23.8 Å². The van der Waals surface area contributed by atoms with E-state index in [1.54, 1.807) is 19.2 Å². The van der Waals surface area contributed by atoms with Gasteiger partial charge in [-0.25, -0.2) is 8.42 Å². The van der Waals surface area contributed by atoms with Gasteiger partial charge in [0.2, 0.25) is 0 Å². The van der Waals surface area contributed by atoms with Crippen LogP contribution in [0.15, 0.2) is 46.5 Å². The van der Waals surface area contributed by atoms with E-state index in [0.717, 1.165) is 31.0 Å². The van der Waals surface area contributed by atoms with E-state index in [-0.39, 0.29) is 24.0 Å². The van der Waals surface area contributed by atoms with Crippen LogP contribution in [0.4, 0.5) is 0 Å². The van der Waals surface area contributed by atoms with E-state index in [1.807, 2.05) is 30.1 Å².